The van der Waals surface area contributed by atoms with Gasteiger partial charge in [-0.15, -0.1) is 0 Å². The van der Waals surface area contributed by atoms with Crippen LogP contribution in [0.5, 0.6) is 11.5 Å². The minimum atomic E-state index is -0.359. The molecule has 112 valence electrons. The van der Waals surface area contributed by atoms with Gasteiger partial charge in [0.2, 0.25) is 0 Å². The lowest BCUT2D eigenvalue weighted by Gasteiger charge is -2.20. The van der Waals surface area contributed by atoms with E-state index in [-0.39, 0.29) is 17.6 Å². The van der Waals surface area contributed by atoms with Crippen molar-refractivity contribution in [3.63, 3.8) is 0 Å². The summed E-state index contributed by atoms with van der Waals surface area (Å²) in [6.45, 7) is 2.83. The van der Waals surface area contributed by atoms with Crippen molar-refractivity contribution in [2.45, 2.75) is 13.0 Å². The van der Waals surface area contributed by atoms with E-state index in [4.69, 9.17) is 9.47 Å². The Hall–Kier alpha value is -2.07. The maximum Gasteiger partial charge on any atom is 0.165 e. The molecule has 0 aliphatic rings. The van der Waals surface area contributed by atoms with Gasteiger partial charge in [0, 0.05) is 0 Å². The average Bonchev–Trinajstić information content (AvgIpc) is 2.53. The lowest BCUT2D eigenvalue weighted by atomic mass is 9.98. The van der Waals surface area contributed by atoms with Gasteiger partial charge in [0.1, 0.15) is 5.75 Å². The summed E-state index contributed by atoms with van der Waals surface area (Å²) in [6.07, 6.45) is 0. The quantitative estimate of drug-likeness (QED) is 0.882. The summed E-state index contributed by atoms with van der Waals surface area (Å²) in [5, 5.41) is 3.40. The molecule has 0 bridgehead atoms. The fraction of sp³-hybridized carbons (Fsp3) is 0.294. The van der Waals surface area contributed by atoms with E-state index in [0.29, 0.717) is 0 Å². The molecule has 2 aromatic rings. The summed E-state index contributed by atoms with van der Waals surface area (Å²) in [5.74, 6) is 0.685. The van der Waals surface area contributed by atoms with Crippen molar-refractivity contribution in [3.05, 3.63) is 59.4 Å². The third kappa shape index (κ3) is 3.52. The Labute approximate surface area is 124 Å². The molecule has 0 spiro atoms. The zero-order valence-electron chi connectivity index (χ0n) is 12.5. The number of hydrogen-bond acceptors (Lipinski definition) is 3. The first kappa shape index (κ1) is 15.3. The van der Waals surface area contributed by atoms with E-state index in [0.717, 1.165) is 23.4 Å². The van der Waals surface area contributed by atoms with Gasteiger partial charge < -0.3 is 14.8 Å². The maximum atomic E-state index is 13.6. The largest absolute Gasteiger partial charge is 0.497 e. The Bertz CT molecular complexity index is 601. The van der Waals surface area contributed by atoms with Gasteiger partial charge in [0.05, 0.1) is 20.3 Å². The average molecular weight is 289 g/mol. The van der Waals surface area contributed by atoms with E-state index in [9.17, 15) is 4.39 Å². The molecule has 1 N–H and O–H groups in total. The van der Waals surface area contributed by atoms with Crippen molar-refractivity contribution < 1.29 is 13.9 Å². The highest BCUT2D eigenvalue weighted by atomic mass is 19.1. The van der Waals surface area contributed by atoms with Gasteiger partial charge in [-0.3, -0.25) is 0 Å². The highest BCUT2D eigenvalue weighted by molar-refractivity contribution is 5.40. The number of methoxy groups -OCH3 is 2. The van der Waals surface area contributed by atoms with Crippen LogP contribution in [0.2, 0.25) is 0 Å². The lowest BCUT2D eigenvalue weighted by Crippen LogP contribution is -2.22. The molecular formula is C17H20FNO2. The zero-order chi connectivity index (χ0) is 15.2. The van der Waals surface area contributed by atoms with Crippen LogP contribution < -0.4 is 14.8 Å². The Morgan fingerprint density at radius 3 is 2.48 bits per heavy atom. The summed E-state index contributed by atoms with van der Waals surface area (Å²) < 4.78 is 23.9. The smallest absolute Gasteiger partial charge is 0.165 e. The van der Waals surface area contributed by atoms with E-state index in [1.54, 1.807) is 19.2 Å². The number of benzene rings is 2. The molecule has 0 aliphatic heterocycles. The van der Waals surface area contributed by atoms with Gasteiger partial charge in [-0.05, 0) is 41.9 Å². The first-order chi connectivity index (χ1) is 10.2. The summed E-state index contributed by atoms with van der Waals surface area (Å²) in [6, 6.07) is 12.7. The molecule has 0 fully saturated rings. The van der Waals surface area contributed by atoms with E-state index in [1.165, 1.54) is 13.2 Å². The zero-order valence-corrected chi connectivity index (χ0v) is 12.5. The van der Waals surface area contributed by atoms with Crippen LogP contribution in [-0.4, -0.2) is 20.8 Å². The maximum absolute atomic E-state index is 13.6. The summed E-state index contributed by atoms with van der Waals surface area (Å²) in [4.78, 5) is 0. The molecule has 2 aromatic carbocycles. The van der Waals surface area contributed by atoms with E-state index in [1.807, 2.05) is 31.2 Å². The number of nitrogens with one attached hydrogen (secondary N) is 1. The molecule has 0 saturated heterocycles. The van der Waals surface area contributed by atoms with Crippen molar-refractivity contribution >= 4 is 0 Å². The van der Waals surface area contributed by atoms with Gasteiger partial charge in [-0.2, -0.15) is 0 Å². The molecule has 21 heavy (non-hydrogen) atoms. The molecule has 4 heteroatoms. The van der Waals surface area contributed by atoms with Gasteiger partial charge in [-0.25, -0.2) is 4.39 Å². The molecule has 0 radical (unpaired) electrons. The number of halogens is 1. The Morgan fingerprint density at radius 1 is 1.05 bits per heavy atom. The van der Waals surface area contributed by atoms with E-state index >= 15 is 0 Å². The number of rotatable bonds is 6. The molecular weight excluding hydrogens is 269 g/mol. The normalized spacial score (nSPS) is 12.0. The summed E-state index contributed by atoms with van der Waals surface area (Å²) in [7, 11) is 3.11. The first-order valence-electron chi connectivity index (χ1n) is 6.90. The monoisotopic (exact) mass is 289 g/mol. The van der Waals surface area contributed by atoms with Crippen LogP contribution >= 0.6 is 0 Å². The highest BCUT2D eigenvalue weighted by Crippen LogP contribution is 2.28. The fourth-order valence-corrected chi connectivity index (χ4v) is 2.31. The van der Waals surface area contributed by atoms with Crippen LogP contribution in [0.4, 0.5) is 4.39 Å². The molecule has 2 rings (SSSR count). The lowest BCUT2D eigenvalue weighted by molar-refractivity contribution is 0.385. The highest BCUT2D eigenvalue weighted by Gasteiger charge is 2.16. The summed E-state index contributed by atoms with van der Waals surface area (Å²) in [5.41, 5.74) is 2.01. The van der Waals surface area contributed by atoms with Crippen LogP contribution in [-0.2, 0) is 0 Å². The molecule has 0 aromatic heterocycles. The Balaban J connectivity index is 2.42. The van der Waals surface area contributed by atoms with Crippen molar-refractivity contribution in [1.29, 1.82) is 0 Å². The second-order valence-electron chi connectivity index (χ2n) is 4.66. The van der Waals surface area contributed by atoms with Gasteiger partial charge in [0.15, 0.2) is 11.6 Å². The second-order valence-corrected chi connectivity index (χ2v) is 4.66. The third-order valence-corrected chi connectivity index (χ3v) is 3.34. The van der Waals surface area contributed by atoms with Crippen molar-refractivity contribution in [2.24, 2.45) is 0 Å². The Kier molecular flexibility index (Phi) is 5.17. The van der Waals surface area contributed by atoms with Crippen molar-refractivity contribution in [1.82, 2.24) is 5.32 Å². The predicted octanol–water partition coefficient (Wildman–Crippen LogP) is 3.54. The molecule has 0 amide bonds. The number of hydrogen-bond donors (Lipinski definition) is 1. The van der Waals surface area contributed by atoms with Crippen LogP contribution in [0.3, 0.4) is 0 Å². The molecule has 0 saturated carbocycles. The van der Waals surface area contributed by atoms with Crippen LogP contribution in [0, 0.1) is 5.82 Å². The van der Waals surface area contributed by atoms with Gasteiger partial charge in [0.25, 0.3) is 0 Å². The van der Waals surface area contributed by atoms with Crippen LogP contribution in [0.15, 0.2) is 42.5 Å². The molecule has 1 atom stereocenters. The van der Waals surface area contributed by atoms with Gasteiger partial charge in [-0.1, -0.05) is 25.1 Å². The van der Waals surface area contributed by atoms with Crippen molar-refractivity contribution in [3.8, 4) is 11.5 Å². The Morgan fingerprint density at radius 2 is 1.81 bits per heavy atom. The number of ether oxygens (including phenoxy) is 2. The molecule has 3 nitrogen and oxygen atoms in total. The predicted molar refractivity (Wildman–Crippen MR) is 81.5 cm³/mol. The van der Waals surface area contributed by atoms with Crippen molar-refractivity contribution in [2.75, 3.05) is 20.8 Å². The SMILES string of the molecule is CCNC(c1cccc(OC)c1)c1ccc(F)c(OC)c1. The minimum Gasteiger partial charge on any atom is -0.497 e. The van der Waals surface area contributed by atoms with Crippen LogP contribution in [0.1, 0.15) is 24.1 Å². The minimum absolute atomic E-state index is 0.0420. The topological polar surface area (TPSA) is 30.5 Å². The second kappa shape index (κ2) is 7.09. The van der Waals surface area contributed by atoms with Gasteiger partial charge >= 0.3 is 0 Å². The standard InChI is InChI=1S/C17H20FNO2/c1-4-19-17(12-6-5-7-14(10-12)20-2)13-8-9-15(18)16(11-13)21-3/h5-11,17,19H,4H2,1-3H3. The fourth-order valence-electron chi connectivity index (χ4n) is 2.31. The molecule has 0 aliphatic carbocycles. The third-order valence-electron chi connectivity index (χ3n) is 3.34. The first-order valence-corrected chi connectivity index (χ1v) is 6.90. The van der Waals surface area contributed by atoms with E-state index in [2.05, 4.69) is 5.32 Å². The van der Waals surface area contributed by atoms with Crippen LogP contribution in [0.25, 0.3) is 0 Å². The summed E-state index contributed by atoms with van der Waals surface area (Å²) >= 11 is 0. The molecule has 0 heterocycles. The molecule has 1 unspecified atom stereocenters. The van der Waals surface area contributed by atoms with E-state index < -0.39 is 0 Å².